The van der Waals surface area contributed by atoms with Crippen molar-refractivity contribution < 1.29 is 22.8 Å². The summed E-state index contributed by atoms with van der Waals surface area (Å²) in [6.45, 7) is 11.0. The SMILES string of the molecule is C=CC(=O)OC[Si](OCCC)(OCCC)OCCC. The highest BCUT2D eigenvalue weighted by atomic mass is 28.4. The maximum atomic E-state index is 11.2. The topological polar surface area (TPSA) is 54.0 Å². The van der Waals surface area contributed by atoms with Gasteiger partial charge in [-0.05, 0) is 19.3 Å². The molecule has 0 aromatic heterocycles. The van der Waals surface area contributed by atoms with Crippen molar-refractivity contribution in [3.63, 3.8) is 0 Å². The predicted octanol–water partition coefficient (Wildman–Crippen LogP) is 2.47. The molecule has 0 heterocycles. The summed E-state index contributed by atoms with van der Waals surface area (Å²) in [4.78, 5) is 11.2. The van der Waals surface area contributed by atoms with E-state index in [1.807, 2.05) is 20.8 Å². The van der Waals surface area contributed by atoms with E-state index in [0.717, 1.165) is 25.3 Å². The van der Waals surface area contributed by atoms with Crippen LogP contribution in [0.25, 0.3) is 0 Å². The van der Waals surface area contributed by atoms with Gasteiger partial charge in [0.25, 0.3) is 0 Å². The van der Waals surface area contributed by atoms with E-state index in [4.69, 9.17) is 18.0 Å². The second-order valence-corrected chi connectivity index (χ2v) is 6.56. The molecule has 6 heteroatoms. The molecule has 0 aromatic carbocycles. The first-order valence-electron chi connectivity index (χ1n) is 6.85. The van der Waals surface area contributed by atoms with Crippen molar-refractivity contribution in [3.8, 4) is 0 Å². The number of esters is 1. The molecular formula is C13H26O5Si. The fourth-order valence-electron chi connectivity index (χ4n) is 1.24. The van der Waals surface area contributed by atoms with Gasteiger partial charge in [0.2, 0.25) is 0 Å². The molecule has 112 valence electrons. The normalized spacial score (nSPS) is 11.3. The third-order valence-corrected chi connectivity index (χ3v) is 4.57. The Morgan fingerprint density at radius 2 is 1.42 bits per heavy atom. The summed E-state index contributed by atoms with van der Waals surface area (Å²) in [5.74, 6) is -0.489. The minimum Gasteiger partial charge on any atom is -0.458 e. The van der Waals surface area contributed by atoms with Crippen LogP contribution in [0.2, 0.25) is 0 Å². The van der Waals surface area contributed by atoms with Crippen LogP contribution in [-0.4, -0.2) is 40.8 Å². The Kier molecular flexibility index (Phi) is 10.8. The molecule has 0 unspecified atom stereocenters. The second kappa shape index (κ2) is 11.2. The lowest BCUT2D eigenvalue weighted by molar-refractivity contribution is -0.137. The van der Waals surface area contributed by atoms with Gasteiger partial charge in [-0.15, -0.1) is 0 Å². The molecule has 0 saturated carbocycles. The predicted molar refractivity (Wildman–Crippen MR) is 75.6 cm³/mol. The second-order valence-electron chi connectivity index (χ2n) is 4.04. The van der Waals surface area contributed by atoms with Crippen molar-refractivity contribution in [1.29, 1.82) is 0 Å². The minimum atomic E-state index is -2.93. The fourth-order valence-corrected chi connectivity index (χ4v) is 3.61. The van der Waals surface area contributed by atoms with Gasteiger partial charge in [0, 0.05) is 25.9 Å². The van der Waals surface area contributed by atoms with Crippen LogP contribution in [0.1, 0.15) is 40.0 Å². The van der Waals surface area contributed by atoms with Crippen LogP contribution in [0, 0.1) is 0 Å². The molecule has 0 aliphatic carbocycles. The summed E-state index contributed by atoms with van der Waals surface area (Å²) in [6.07, 6.45) is 3.73. The van der Waals surface area contributed by atoms with Crippen LogP contribution >= 0.6 is 0 Å². The van der Waals surface area contributed by atoms with Gasteiger partial charge in [-0.3, -0.25) is 0 Å². The quantitative estimate of drug-likeness (QED) is 0.314. The number of carbonyl (C=O) groups excluding carboxylic acids is 1. The van der Waals surface area contributed by atoms with Gasteiger partial charge in [0.05, 0.1) is 0 Å². The van der Waals surface area contributed by atoms with Crippen LogP contribution < -0.4 is 0 Å². The number of carbonyl (C=O) groups is 1. The zero-order valence-corrected chi connectivity index (χ0v) is 13.3. The summed E-state index contributed by atoms with van der Waals surface area (Å²) >= 11 is 0. The summed E-state index contributed by atoms with van der Waals surface area (Å²) in [5.41, 5.74) is 0. The van der Waals surface area contributed by atoms with Gasteiger partial charge >= 0.3 is 14.8 Å². The Labute approximate surface area is 117 Å². The molecule has 0 atom stereocenters. The van der Waals surface area contributed by atoms with Gasteiger partial charge < -0.3 is 18.0 Å². The zero-order valence-electron chi connectivity index (χ0n) is 12.3. The molecule has 0 amide bonds. The van der Waals surface area contributed by atoms with Crippen LogP contribution in [-0.2, 0) is 22.8 Å². The van der Waals surface area contributed by atoms with E-state index in [1.165, 1.54) is 0 Å². The first-order chi connectivity index (χ1) is 9.14. The van der Waals surface area contributed by atoms with E-state index >= 15 is 0 Å². The molecule has 0 aromatic rings. The van der Waals surface area contributed by atoms with E-state index in [0.29, 0.717) is 19.8 Å². The van der Waals surface area contributed by atoms with Crippen molar-refractivity contribution in [2.75, 3.05) is 26.1 Å². The molecule has 0 rings (SSSR count). The van der Waals surface area contributed by atoms with Gasteiger partial charge in [-0.1, -0.05) is 27.4 Å². The van der Waals surface area contributed by atoms with Crippen LogP contribution in [0.15, 0.2) is 12.7 Å². The molecule has 0 aliphatic rings. The van der Waals surface area contributed by atoms with Crippen LogP contribution in [0.5, 0.6) is 0 Å². The number of ether oxygens (including phenoxy) is 1. The van der Waals surface area contributed by atoms with E-state index in [-0.39, 0.29) is 6.23 Å². The first kappa shape index (κ1) is 18.3. The van der Waals surface area contributed by atoms with Crippen LogP contribution in [0.4, 0.5) is 0 Å². The Morgan fingerprint density at radius 3 is 1.74 bits per heavy atom. The van der Waals surface area contributed by atoms with Crippen LogP contribution in [0.3, 0.4) is 0 Å². The average molecular weight is 290 g/mol. The largest absolute Gasteiger partial charge is 0.540 e. The molecular weight excluding hydrogens is 264 g/mol. The molecule has 5 nitrogen and oxygen atoms in total. The van der Waals surface area contributed by atoms with E-state index in [1.54, 1.807) is 0 Å². The lowest BCUT2D eigenvalue weighted by Gasteiger charge is -2.28. The van der Waals surface area contributed by atoms with E-state index in [2.05, 4.69) is 6.58 Å². The maximum Gasteiger partial charge on any atom is 0.540 e. The molecule has 0 radical (unpaired) electrons. The highest BCUT2D eigenvalue weighted by molar-refractivity contribution is 6.60. The summed E-state index contributed by atoms with van der Waals surface area (Å²) < 4.78 is 22.4. The third kappa shape index (κ3) is 8.15. The molecule has 0 spiro atoms. The smallest absolute Gasteiger partial charge is 0.458 e. The monoisotopic (exact) mass is 290 g/mol. The van der Waals surface area contributed by atoms with Gasteiger partial charge in [0.15, 0.2) is 6.23 Å². The van der Waals surface area contributed by atoms with E-state index < -0.39 is 14.8 Å². The Balaban J connectivity index is 4.64. The lowest BCUT2D eigenvalue weighted by Crippen LogP contribution is -2.51. The Bertz CT molecular complexity index is 236. The van der Waals surface area contributed by atoms with Crippen molar-refractivity contribution in [2.45, 2.75) is 40.0 Å². The van der Waals surface area contributed by atoms with Crippen molar-refractivity contribution in [1.82, 2.24) is 0 Å². The standard InChI is InChI=1S/C13H26O5Si/c1-5-9-16-19(17-10-6-2,18-11-7-3)12-15-13(14)8-4/h8H,4-7,9-12H2,1-3H3. The minimum absolute atomic E-state index is 0.0395. The van der Waals surface area contributed by atoms with Gasteiger partial charge in [-0.2, -0.15) is 0 Å². The summed E-state index contributed by atoms with van der Waals surface area (Å²) in [6, 6.07) is 0. The third-order valence-electron chi connectivity index (χ3n) is 2.14. The highest BCUT2D eigenvalue weighted by Gasteiger charge is 2.43. The molecule has 0 aliphatic heterocycles. The zero-order chi connectivity index (χ0) is 14.6. The molecule has 0 N–H and O–H groups in total. The maximum absolute atomic E-state index is 11.2. The van der Waals surface area contributed by atoms with Crippen molar-refractivity contribution in [2.24, 2.45) is 0 Å². The molecule has 0 saturated heterocycles. The average Bonchev–Trinajstić information content (AvgIpc) is 2.45. The number of hydrogen-bond acceptors (Lipinski definition) is 5. The fraction of sp³-hybridized carbons (Fsp3) is 0.769. The van der Waals surface area contributed by atoms with Crippen molar-refractivity contribution >= 4 is 14.8 Å². The lowest BCUT2D eigenvalue weighted by atomic mass is 10.5. The summed E-state index contributed by atoms with van der Waals surface area (Å²) in [5, 5.41) is 0. The van der Waals surface area contributed by atoms with Gasteiger partial charge in [-0.25, -0.2) is 4.79 Å². The highest BCUT2D eigenvalue weighted by Crippen LogP contribution is 2.13. The molecule has 19 heavy (non-hydrogen) atoms. The summed E-state index contributed by atoms with van der Waals surface area (Å²) in [7, 11) is -2.93. The molecule has 0 fully saturated rings. The number of hydrogen-bond donors (Lipinski definition) is 0. The van der Waals surface area contributed by atoms with Gasteiger partial charge in [0.1, 0.15) is 0 Å². The first-order valence-corrected chi connectivity index (χ1v) is 8.78. The Hall–Kier alpha value is -0.693. The molecule has 0 bridgehead atoms. The Morgan fingerprint density at radius 1 is 1.00 bits per heavy atom. The van der Waals surface area contributed by atoms with Crippen molar-refractivity contribution in [3.05, 3.63) is 12.7 Å². The number of rotatable bonds is 12. The van der Waals surface area contributed by atoms with E-state index in [9.17, 15) is 4.79 Å².